The fraction of sp³-hybridized carbons (Fsp3) is 0.417. The van der Waals surface area contributed by atoms with Gasteiger partial charge in [0.15, 0.2) is 0 Å². The largest absolute Gasteiger partial charge is 0.396 e. The van der Waals surface area contributed by atoms with Crippen LogP contribution in [0.4, 0.5) is 0 Å². The molecule has 5 heteroatoms. The number of thiazole rings is 1. The van der Waals surface area contributed by atoms with E-state index in [1.807, 2.05) is 0 Å². The predicted octanol–water partition coefficient (Wildman–Crippen LogP) is 4.20. The molecule has 2 heterocycles. The van der Waals surface area contributed by atoms with Gasteiger partial charge in [-0.25, -0.2) is 4.98 Å². The first-order valence-electron chi connectivity index (χ1n) is 5.52. The SMILES string of the molecule is CCC(CO)Cc1nc(-c2cc(Br)cs2)cs1. The van der Waals surface area contributed by atoms with Gasteiger partial charge in [0.2, 0.25) is 0 Å². The van der Waals surface area contributed by atoms with Crippen LogP contribution >= 0.6 is 38.6 Å². The van der Waals surface area contributed by atoms with Crippen LogP contribution in [0, 0.1) is 5.92 Å². The van der Waals surface area contributed by atoms with Crippen molar-refractivity contribution < 1.29 is 5.11 Å². The molecule has 0 spiro atoms. The molecule has 2 aromatic rings. The first-order valence-corrected chi connectivity index (χ1v) is 8.07. The molecule has 0 aliphatic heterocycles. The van der Waals surface area contributed by atoms with Crippen molar-refractivity contribution in [2.45, 2.75) is 19.8 Å². The number of aliphatic hydroxyl groups excluding tert-OH is 1. The Kier molecular flexibility index (Phi) is 4.73. The Morgan fingerprint density at radius 3 is 2.82 bits per heavy atom. The molecule has 1 N–H and O–H groups in total. The van der Waals surface area contributed by atoms with Crippen LogP contribution in [0.5, 0.6) is 0 Å². The van der Waals surface area contributed by atoms with E-state index in [0.717, 1.165) is 28.0 Å². The van der Waals surface area contributed by atoms with Crippen molar-refractivity contribution in [3.8, 4) is 10.6 Å². The van der Waals surface area contributed by atoms with E-state index in [-0.39, 0.29) is 6.61 Å². The van der Waals surface area contributed by atoms with Crippen molar-refractivity contribution in [2.75, 3.05) is 6.61 Å². The van der Waals surface area contributed by atoms with Crippen molar-refractivity contribution in [2.24, 2.45) is 5.92 Å². The van der Waals surface area contributed by atoms with Gasteiger partial charge in [0.05, 0.1) is 15.6 Å². The van der Waals surface area contributed by atoms with Gasteiger partial charge in [-0.15, -0.1) is 22.7 Å². The molecule has 0 fully saturated rings. The zero-order valence-corrected chi connectivity index (χ0v) is 12.7. The summed E-state index contributed by atoms with van der Waals surface area (Å²) in [5.74, 6) is 0.337. The Morgan fingerprint density at radius 1 is 1.41 bits per heavy atom. The normalized spacial score (nSPS) is 12.9. The van der Waals surface area contributed by atoms with Crippen LogP contribution in [0.25, 0.3) is 10.6 Å². The molecule has 0 bridgehead atoms. The van der Waals surface area contributed by atoms with Gasteiger partial charge >= 0.3 is 0 Å². The summed E-state index contributed by atoms with van der Waals surface area (Å²) < 4.78 is 1.11. The van der Waals surface area contributed by atoms with Crippen molar-refractivity contribution in [1.82, 2.24) is 4.98 Å². The number of thiophene rings is 1. The lowest BCUT2D eigenvalue weighted by Crippen LogP contribution is -2.07. The number of aliphatic hydroxyl groups is 1. The van der Waals surface area contributed by atoms with Crippen LogP contribution < -0.4 is 0 Å². The first kappa shape index (κ1) is 13.2. The molecule has 0 aliphatic carbocycles. The topological polar surface area (TPSA) is 33.1 Å². The molecule has 92 valence electrons. The molecule has 17 heavy (non-hydrogen) atoms. The highest BCUT2D eigenvalue weighted by molar-refractivity contribution is 9.10. The summed E-state index contributed by atoms with van der Waals surface area (Å²) in [7, 11) is 0. The Morgan fingerprint density at radius 2 is 2.24 bits per heavy atom. The maximum Gasteiger partial charge on any atom is 0.0936 e. The quantitative estimate of drug-likeness (QED) is 0.890. The average Bonchev–Trinajstić information content (AvgIpc) is 2.94. The third-order valence-corrected chi connectivity index (χ3v) is 5.26. The average molecular weight is 332 g/mol. The van der Waals surface area contributed by atoms with E-state index in [4.69, 9.17) is 0 Å². The molecule has 2 nitrogen and oxygen atoms in total. The fourth-order valence-corrected chi connectivity index (χ4v) is 3.92. The van der Waals surface area contributed by atoms with E-state index >= 15 is 0 Å². The molecule has 0 radical (unpaired) electrons. The molecule has 0 amide bonds. The molecular weight excluding hydrogens is 318 g/mol. The third kappa shape index (κ3) is 3.37. The van der Waals surface area contributed by atoms with E-state index < -0.39 is 0 Å². The number of hydrogen-bond acceptors (Lipinski definition) is 4. The van der Waals surface area contributed by atoms with Crippen LogP contribution in [0.1, 0.15) is 18.4 Å². The minimum absolute atomic E-state index is 0.246. The van der Waals surface area contributed by atoms with Gasteiger partial charge in [0, 0.05) is 28.3 Å². The third-order valence-electron chi connectivity index (χ3n) is 2.67. The van der Waals surface area contributed by atoms with Crippen LogP contribution in [-0.2, 0) is 6.42 Å². The van der Waals surface area contributed by atoms with E-state index in [9.17, 15) is 5.11 Å². The Labute approximate surface area is 117 Å². The smallest absolute Gasteiger partial charge is 0.0936 e. The summed E-state index contributed by atoms with van der Waals surface area (Å²) in [6, 6.07) is 2.09. The number of rotatable bonds is 5. The molecular formula is C12H14BrNOS2. The molecule has 0 saturated carbocycles. The molecule has 2 aromatic heterocycles. The predicted molar refractivity (Wildman–Crippen MR) is 77.7 cm³/mol. The second kappa shape index (κ2) is 6.09. The van der Waals surface area contributed by atoms with Crippen LogP contribution in [0.3, 0.4) is 0 Å². The molecule has 0 aromatic carbocycles. The standard InChI is InChI=1S/C12H14BrNOS2/c1-2-8(5-15)3-12-14-10(7-17-12)11-4-9(13)6-16-11/h4,6-8,15H,2-3,5H2,1H3. The maximum absolute atomic E-state index is 9.19. The number of nitrogens with zero attached hydrogens (tertiary/aromatic N) is 1. The highest BCUT2D eigenvalue weighted by Gasteiger charge is 2.11. The Hall–Kier alpha value is -0.230. The molecule has 1 unspecified atom stereocenters. The van der Waals surface area contributed by atoms with Crippen molar-refractivity contribution >= 4 is 38.6 Å². The van der Waals surface area contributed by atoms with Crippen molar-refractivity contribution in [3.05, 3.63) is 26.3 Å². The van der Waals surface area contributed by atoms with Crippen LogP contribution in [0.2, 0.25) is 0 Å². The second-order valence-electron chi connectivity index (χ2n) is 3.92. The van der Waals surface area contributed by atoms with Gasteiger partial charge in [-0.05, 0) is 27.9 Å². The van der Waals surface area contributed by atoms with Gasteiger partial charge in [-0.2, -0.15) is 0 Å². The highest BCUT2D eigenvalue weighted by Crippen LogP contribution is 2.31. The van der Waals surface area contributed by atoms with Gasteiger partial charge < -0.3 is 5.11 Å². The zero-order chi connectivity index (χ0) is 12.3. The summed E-state index contributed by atoms with van der Waals surface area (Å²) in [6.07, 6.45) is 1.88. The van der Waals surface area contributed by atoms with Crippen molar-refractivity contribution in [3.63, 3.8) is 0 Å². The summed E-state index contributed by atoms with van der Waals surface area (Å²) in [6.45, 7) is 2.35. The molecule has 2 rings (SSSR count). The Bertz CT molecular complexity index is 476. The lowest BCUT2D eigenvalue weighted by Gasteiger charge is -2.07. The van der Waals surface area contributed by atoms with Gasteiger partial charge in [-0.1, -0.05) is 13.3 Å². The van der Waals surface area contributed by atoms with Gasteiger partial charge in [0.25, 0.3) is 0 Å². The van der Waals surface area contributed by atoms with Gasteiger partial charge in [-0.3, -0.25) is 0 Å². The summed E-state index contributed by atoms with van der Waals surface area (Å²) >= 11 is 6.83. The second-order valence-corrected chi connectivity index (χ2v) is 6.69. The highest BCUT2D eigenvalue weighted by atomic mass is 79.9. The zero-order valence-electron chi connectivity index (χ0n) is 9.52. The van der Waals surface area contributed by atoms with Gasteiger partial charge in [0.1, 0.15) is 0 Å². The number of hydrogen-bond donors (Lipinski definition) is 1. The number of aromatic nitrogens is 1. The lowest BCUT2D eigenvalue weighted by molar-refractivity contribution is 0.222. The van der Waals surface area contributed by atoms with Crippen LogP contribution in [-0.4, -0.2) is 16.7 Å². The fourth-order valence-electron chi connectivity index (χ4n) is 1.55. The summed E-state index contributed by atoms with van der Waals surface area (Å²) in [4.78, 5) is 5.82. The maximum atomic E-state index is 9.19. The van der Waals surface area contributed by atoms with E-state index in [1.165, 1.54) is 4.88 Å². The van der Waals surface area contributed by atoms with E-state index in [0.29, 0.717) is 5.92 Å². The molecule has 1 atom stereocenters. The first-order chi connectivity index (χ1) is 8.22. The lowest BCUT2D eigenvalue weighted by atomic mass is 10.0. The monoisotopic (exact) mass is 331 g/mol. The minimum atomic E-state index is 0.246. The minimum Gasteiger partial charge on any atom is -0.396 e. The van der Waals surface area contributed by atoms with E-state index in [2.05, 4.69) is 44.7 Å². The Balaban J connectivity index is 2.10. The van der Waals surface area contributed by atoms with E-state index in [1.54, 1.807) is 22.7 Å². The van der Waals surface area contributed by atoms with Crippen LogP contribution in [0.15, 0.2) is 21.3 Å². The molecule has 0 aliphatic rings. The molecule has 0 saturated heterocycles. The number of halogens is 1. The van der Waals surface area contributed by atoms with Crippen molar-refractivity contribution in [1.29, 1.82) is 0 Å². The summed E-state index contributed by atoms with van der Waals surface area (Å²) in [5.41, 5.74) is 1.05. The summed E-state index contributed by atoms with van der Waals surface area (Å²) in [5, 5.41) is 14.5.